The van der Waals surface area contributed by atoms with Crippen molar-refractivity contribution in [2.75, 3.05) is 0 Å². The molecule has 8 nitrogen and oxygen atoms in total. The Morgan fingerprint density at radius 3 is 2.35 bits per heavy atom. The number of pyridine rings is 1. The zero-order valence-electron chi connectivity index (χ0n) is 23.6. The second-order valence-electron chi connectivity index (χ2n) is 11.7. The van der Waals surface area contributed by atoms with E-state index in [-0.39, 0.29) is 34.8 Å². The van der Waals surface area contributed by atoms with Crippen LogP contribution in [0.4, 0.5) is 4.39 Å². The number of nitrogens with zero attached hydrogens (tertiary/aromatic N) is 3. The molecule has 208 valence electrons. The lowest BCUT2D eigenvalue weighted by molar-refractivity contribution is 0.0919. The van der Waals surface area contributed by atoms with Gasteiger partial charge in [0, 0.05) is 41.9 Å². The van der Waals surface area contributed by atoms with Crippen LogP contribution in [0.15, 0.2) is 56.8 Å². The number of aryl methyl sites for hydroxylation is 2. The maximum Gasteiger partial charge on any atom is 0.336 e. The third-order valence-electron chi connectivity index (χ3n) is 7.30. The summed E-state index contributed by atoms with van der Waals surface area (Å²) in [4.78, 5) is 54.4. The molecule has 2 aromatic heterocycles. The highest BCUT2D eigenvalue weighted by Gasteiger charge is 2.31. The molecule has 1 aliphatic carbocycles. The zero-order valence-corrected chi connectivity index (χ0v) is 23.6. The molecule has 0 aliphatic heterocycles. The van der Waals surface area contributed by atoms with Gasteiger partial charge in [0.1, 0.15) is 5.82 Å². The Hall–Kier alpha value is -4.27. The van der Waals surface area contributed by atoms with Crippen LogP contribution in [0, 0.1) is 19.7 Å². The third kappa shape index (κ3) is 4.80. The number of rotatable bonds is 5. The fourth-order valence-corrected chi connectivity index (χ4v) is 5.16. The minimum atomic E-state index is -0.572. The molecule has 0 saturated heterocycles. The molecule has 0 atom stereocenters. The maximum absolute atomic E-state index is 14.9. The van der Waals surface area contributed by atoms with Crippen LogP contribution in [-0.4, -0.2) is 25.1 Å². The molecule has 1 saturated carbocycles. The summed E-state index contributed by atoms with van der Waals surface area (Å²) in [7, 11) is 1.56. The standard InChI is InChI=1S/C31H33FN4O4/c1-17-10-11-19(23(32)14-17)16-24-25-26(18(2)28(38)34(24)6)35(30(40)36(29(25)39)21-12-13-21)22-9-7-8-20(15-22)27(37)33-31(3,4)5/h7-11,14-15,21H,12-13,16H2,1-6H3,(H,33,37). The van der Waals surface area contributed by atoms with Crippen molar-refractivity contribution in [3.8, 4) is 5.69 Å². The van der Waals surface area contributed by atoms with Crippen LogP contribution >= 0.6 is 0 Å². The van der Waals surface area contributed by atoms with E-state index in [1.165, 1.54) is 19.8 Å². The Morgan fingerprint density at radius 1 is 1.02 bits per heavy atom. The monoisotopic (exact) mass is 544 g/mol. The van der Waals surface area contributed by atoms with Gasteiger partial charge in [0.05, 0.1) is 16.6 Å². The molecule has 1 N–H and O–H groups in total. The summed E-state index contributed by atoms with van der Waals surface area (Å²) in [6.07, 6.45) is 1.35. The van der Waals surface area contributed by atoms with Crippen LogP contribution in [0.3, 0.4) is 0 Å². The van der Waals surface area contributed by atoms with E-state index < -0.39 is 28.2 Å². The minimum absolute atomic E-state index is 0.0131. The van der Waals surface area contributed by atoms with E-state index >= 15 is 0 Å². The fraction of sp³-hybridized carbons (Fsp3) is 0.355. The molecule has 2 aromatic carbocycles. The van der Waals surface area contributed by atoms with Gasteiger partial charge >= 0.3 is 5.69 Å². The van der Waals surface area contributed by atoms with E-state index in [0.717, 1.165) is 5.56 Å². The van der Waals surface area contributed by atoms with Crippen molar-refractivity contribution >= 4 is 16.8 Å². The SMILES string of the molecule is Cc1ccc(Cc2c3c(=O)n(C4CC4)c(=O)n(-c4cccc(C(=O)NC(C)(C)C)c4)c3c(C)c(=O)n2C)c(F)c1. The summed E-state index contributed by atoms with van der Waals surface area (Å²) in [5, 5.41) is 3.11. The van der Waals surface area contributed by atoms with Crippen molar-refractivity contribution in [3.63, 3.8) is 0 Å². The van der Waals surface area contributed by atoms with Crippen molar-refractivity contribution in [2.45, 2.75) is 65.5 Å². The minimum Gasteiger partial charge on any atom is -0.347 e. The Balaban J connectivity index is 1.85. The number of aromatic nitrogens is 3. The quantitative estimate of drug-likeness (QED) is 0.410. The number of benzene rings is 2. The Morgan fingerprint density at radius 2 is 1.73 bits per heavy atom. The van der Waals surface area contributed by atoms with Gasteiger partial charge in [-0.3, -0.25) is 23.5 Å². The second kappa shape index (κ2) is 9.73. The molecular formula is C31H33FN4O4. The lowest BCUT2D eigenvalue weighted by Gasteiger charge is -2.22. The van der Waals surface area contributed by atoms with E-state index in [2.05, 4.69) is 5.32 Å². The molecule has 4 aromatic rings. The summed E-state index contributed by atoms with van der Waals surface area (Å²) in [5.41, 5.74) is 0.549. The molecule has 1 aliphatic rings. The molecule has 1 amide bonds. The summed E-state index contributed by atoms with van der Waals surface area (Å²) in [5.74, 6) is -0.750. The van der Waals surface area contributed by atoms with Gasteiger partial charge in [-0.25, -0.2) is 9.18 Å². The highest BCUT2D eigenvalue weighted by atomic mass is 19.1. The Bertz CT molecular complexity index is 1870. The first kappa shape index (κ1) is 27.3. The first-order chi connectivity index (χ1) is 18.8. The largest absolute Gasteiger partial charge is 0.347 e. The Labute approximate surface area is 230 Å². The molecule has 1 fully saturated rings. The molecular weight excluding hydrogens is 511 g/mol. The molecule has 0 bridgehead atoms. The van der Waals surface area contributed by atoms with E-state index in [4.69, 9.17) is 0 Å². The van der Waals surface area contributed by atoms with Gasteiger partial charge in [-0.15, -0.1) is 0 Å². The van der Waals surface area contributed by atoms with Gasteiger partial charge in [0.15, 0.2) is 0 Å². The van der Waals surface area contributed by atoms with Crippen molar-refractivity contribution in [1.82, 2.24) is 19.0 Å². The molecule has 2 heterocycles. The fourth-order valence-electron chi connectivity index (χ4n) is 5.16. The number of carbonyl (C=O) groups is 1. The van der Waals surface area contributed by atoms with Crippen LogP contribution in [0.5, 0.6) is 0 Å². The summed E-state index contributed by atoms with van der Waals surface area (Å²) in [6.45, 7) is 8.97. The van der Waals surface area contributed by atoms with Crippen LogP contribution in [0.2, 0.25) is 0 Å². The number of carbonyl (C=O) groups excluding carboxylic acids is 1. The highest BCUT2D eigenvalue weighted by molar-refractivity contribution is 5.95. The number of amides is 1. The van der Waals surface area contributed by atoms with Crippen molar-refractivity contribution in [3.05, 3.63) is 107 Å². The summed E-state index contributed by atoms with van der Waals surface area (Å²) in [6, 6.07) is 11.1. The van der Waals surface area contributed by atoms with E-state index in [0.29, 0.717) is 35.3 Å². The zero-order chi connectivity index (χ0) is 29.1. The Kier molecular flexibility index (Phi) is 6.64. The molecule has 5 rings (SSSR count). The van der Waals surface area contributed by atoms with Gasteiger partial charge in [0.25, 0.3) is 17.0 Å². The first-order valence-corrected chi connectivity index (χ1v) is 13.4. The van der Waals surface area contributed by atoms with Crippen LogP contribution in [0.25, 0.3) is 16.6 Å². The predicted molar refractivity (Wildman–Crippen MR) is 153 cm³/mol. The van der Waals surface area contributed by atoms with Crippen LogP contribution in [0.1, 0.15) is 72.4 Å². The number of fused-ring (bicyclic) bond motifs is 1. The average Bonchev–Trinajstić information content (AvgIpc) is 3.71. The van der Waals surface area contributed by atoms with Gasteiger partial charge in [-0.2, -0.15) is 0 Å². The number of nitrogens with one attached hydrogen (secondary N) is 1. The normalized spacial score (nSPS) is 13.6. The second-order valence-corrected chi connectivity index (χ2v) is 11.7. The number of hydrogen-bond donors (Lipinski definition) is 1. The van der Waals surface area contributed by atoms with E-state index in [9.17, 15) is 23.6 Å². The lowest BCUT2D eigenvalue weighted by Crippen LogP contribution is -2.42. The van der Waals surface area contributed by atoms with Gasteiger partial charge in [-0.05, 0) is 82.9 Å². The number of hydrogen-bond acceptors (Lipinski definition) is 4. The first-order valence-electron chi connectivity index (χ1n) is 13.4. The molecule has 0 unspecified atom stereocenters. The maximum atomic E-state index is 14.9. The molecule has 9 heteroatoms. The summed E-state index contributed by atoms with van der Waals surface area (Å²) < 4.78 is 18.9. The highest BCUT2D eigenvalue weighted by Crippen LogP contribution is 2.33. The number of halogens is 1. The van der Waals surface area contributed by atoms with Crippen molar-refractivity contribution in [2.24, 2.45) is 7.05 Å². The van der Waals surface area contributed by atoms with E-state index in [1.54, 1.807) is 57.3 Å². The molecule has 40 heavy (non-hydrogen) atoms. The third-order valence-corrected chi connectivity index (χ3v) is 7.30. The van der Waals surface area contributed by atoms with Gasteiger partial charge in [-0.1, -0.05) is 18.2 Å². The van der Waals surface area contributed by atoms with E-state index in [1.807, 2.05) is 20.8 Å². The predicted octanol–water partition coefficient (Wildman–Crippen LogP) is 4.06. The van der Waals surface area contributed by atoms with Gasteiger partial charge < -0.3 is 9.88 Å². The molecule has 0 spiro atoms. The van der Waals surface area contributed by atoms with Crippen molar-refractivity contribution < 1.29 is 9.18 Å². The smallest absolute Gasteiger partial charge is 0.336 e. The van der Waals surface area contributed by atoms with Crippen molar-refractivity contribution in [1.29, 1.82) is 0 Å². The topological polar surface area (TPSA) is 95.1 Å². The van der Waals surface area contributed by atoms with Crippen LogP contribution in [-0.2, 0) is 13.5 Å². The summed E-state index contributed by atoms with van der Waals surface area (Å²) >= 11 is 0. The van der Waals surface area contributed by atoms with Gasteiger partial charge in [0.2, 0.25) is 0 Å². The average molecular weight is 545 g/mol. The molecule has 0 radical (unpaired) electrons. The lowest BCUT2D eigenvalue weighted by atomic mass is 10.0. The van der Waals surface area contributed by atoms with Crippen LogP contribution < -0.4 is 22.1 Å².